The van der Waals surface area contributed by atoms with Crippen LogP contribution in [0.5, 0.6) is 0 Å². The predicted octanol–water partition coefficient (Wildman–Crippen LogP) is 3.78. The van der Waals surface area contributed by atoms with Crippen LogP contribution in [0, 0.1) is 6.92 Å². The number of alkyl carbamates (subject to hydrolysis) is 1. The molecule has 0 saturated heterocycles. The second kappa shape index (κ2) is 21.5. The van der Waals surface area contributed by atoms with Crippen LogP contribution in [-0.2, 0) is 30.3 Å². The summed E-state index contributed by atoms with van der Waals surface area (Å²) in [5.41, 5.74) is 11.1. The number of benzene rings is 2. The van der Waals surface area contributed by atoms with Crippen molar-refractivity contribution in [3.05, 3.63) is 59.2 Å². The number of hydroxylamine groups is 1. The maximum Gasteiger partial charge on any atom is 0.407 e. The van der Waals surface area contributed by atoms with Gasteiger partial charge in [-0.3, -0.25) is 19.6 Å². The molecule has 13 nitrogen and oxygen atoms in total. The third-order valence-corrected chi connectivity index (χ3v) is 6.79. The van der Waals surface area contributed by atoms with Gasteiger partial charge in [0.1, 0.15) is 6.61 Å². The molecule has 0 unspecified atom stereocenters. The van der Waals surface area contributed by atoms with Crippen molar-refractivity contribution in [2.24, 2.45) is 0 Å². The van der Waals surface area contributed by atoms with Crippen molar-refractivity contribution in [1.29, 1.82) is 0 Å². The Bertz CT molecular complexity index is 1210. The number of nitrogens with two attached hydrogens (primary N) is 1. The van der Waals surface area contributed by atoms with E-state index in [1.807, 2.05) is 32.0 Å². The molecule has 2 aromatic rings. The highest BCUT2D eigenvalue weighted by Crippen LogP contribution is 2.18. The summed E-state index contributed by atoms with van der Waals surface area (Å²) in [5.74, 6) is -0.809. The number of hydrogen-bond acceptors (Lipinski definition) is 9. The first-order chi connectivity index (χ1) is 21.7. The number of aryl methyl sites for hydroxylation is 1. The summed E-state index contributed by atoms with van der Waals surface area (Å²) in [5, 5.41) is 14.0. The van der Waals surface area contributed by atoms with Crippen LogP contribution < -0.4 is 21.8 Å². The highest BCUT2D eigenvalue weighted by Gasteiger charge is 2.17. The summed E-state index contributed by atoms with van der Waals surface area (Å²) in [7, 11) is 0. The molecule has 2 rings (SSSR count). The molecule has 13 heteroatoms. The highest BCUT2D eigenvalue weighted by molar-refractivity contribution is 5.96. The maximum atomic E-state index is 13.5. The Balaban J connectivity index is 1.88. The summed E-state index contributed by atoms with van der Waals surface area (Å²) in [6, 6.07) is 12.3. The van der Waals surface area contributed by atoms with E-state index in [0.717, 1.165) is 24.0 Å². The van der Waals surface area contributed by atoms with Crippen molar-refractivity contribution in [2.45, 2.75) is 58.9 Å². The molecule has 0 aliphatic heterocycles. The van der Waals surface area contributed by atoms with Crippen molar-refractivity contribution in [1.82, 2.24) is 15.7 Å². The molecule has 0 saturated carbocycles. The van der Waals surface area contributed by atoms with Crippen LogP contribution in [0.25, 0.3) is 0 Å². The number of rotatable bonds is 21. The number of nitrogen functional groups attached to an aromatic ring is 1. The van der Waals surface area contributed by atoms with Gasteiger partial charge in [0.15, 0.2) is 0 Å². The van der Waals surface area contributed by atoms with Crippen molar-refractivity contribution in [3.63, 3.8) is 0 Å². The molecule has 0 aliphatic carbocycles. The Morgan fingerprint density at radius 3 is 2.20 bits per heavy atom. The minimum absolute atomic E-state index is 0.0949. The smallest absolute Gasteiger partial charge is 0.407 e. The standard InChI is InChI=1S/C32H47N5O8/c1-3-43-18-19-44-20-21-45-32(41)34-16-17-37(23-25-11-10-24(2)28(33)22-25)31(40)26-12-14-27(15-13-26)35-29(38)8-6-4-5-7-9-30(39)36-42/h10-15,22,42H,3-9,16-21,23,33H2,1-2H3,(H,34,41)(H,35,38)(H,36,39). The summed E-state index contributed by atoms with van der Waals surface area (Å²) >= 11 is 0. The Hall–Kier alpha value is -4.20. The van der Waals surface area contributed by atoms with Gasteiger partial charge in [-0.1, -0.05) is 25.0 Å². The largest absolute Gasteiger partial charge is 0.447 e. The topological polar surface area (TPSA) is 182 Å². The van der Waals surface area contributed by atoms with Crippen LogP contribution >= 0.6 is 0 Å². The van der Waals surface area contributed by atoms with E-state index in [9.17, 15) is 19.2 Å². The molecule has 0 aliphatic rings. The van der Waals surface area contributed by atoms with Crippen LogP contribution in [0.3, 0.4) is 0 Å². The zero-order valence-corrected chi connectivity index (χ0v) is 26.3. The normalized spacial score (nSPS) is 10.6. The molecule has 0 fully saturated rings. The number of amides is 4. The summed E-state index contributed by atoms with van der Waals surface area (Å²) in [6.45, 7) is 6.33. The monoisotopic (exact) mass is 629 g/mol. The van der Waals surface area contributed by atoms with Crippen LogP contribution in [0.15, 0.2) is 42.5 Å². The van der Waals surface area contributed by atoms with E-state index < -0.39 is 12.0 Å². The number of unbranched alkanes of at least 4 members (excludes halogenated alkanes) is 3. The molecule has 0 aromatic heterocycles. The van der Waals surface area contributed by atoms with Crippen LogP contribution in [0.2, 0.25) is 0 Å². The fourth-order valence-corrected chi connectivity index (χ4v) is 4.25. The van der Waals surface area contributed by atoms with E-state index in [0.29, 0.717) is 56.0 Å². The lowest BCUT2D eigenvalue weighted by molar-refractivity contribution is -0.129. The molecule has 0 radical (unpaired) electrons. The molecule has 0 bridgehead atoms. The van der Waals surface area contributed by atoms with Gasteiger partial charge in [0.25, 0.3) is 5.91 Å². The molecule has 45 heavy (non-hydrogen) atoms. The second-order valence-electron chi connectivity index (χ2n) is 10.4. The van der Waals surface area contributed by atoms with Crippen LogP contribution in [0.4, 0.5) is 16.2 Å². The summed E-state index contributed by atoms with van der Waals surface area (Å²) < 4.78 is 15.6. The minimum Gasteiger partial charge on any atom is -0.447 e. The molecule has 0 spiro atoms. The van der Waals surface area contributed by atoms with E-state index in [1.165, 1.54) is 0 Å². The Labute approximate surface area is 264 Å². The maximum absolute atomic E-state index is 13.5. The SMILES string of the molecule is CCOCCOCCOC(=O)NCCN(Cc1ccc(C)c(N)c1)C(=O)c1ccc(NC(=O)CCCCCCC(=O)NO)cc1. The Morgan fingerprint density at radius 1 is 0.867 bits per heavy atom. The summed E-state index contributed by atoms with van der Waals surface area (Å²) in [6.07, 6.45) is 2.86. The Kier molecular flexibility index (Phi) is 17.7. The lowest BCUT2D eigenvalue weighted by atomic mass is 10.1. The lowest BCUT2D eigenvalue weighted by Crippen LogP contribution is -2.38. The van der Waals surface area contributed by atoms with Gasteiger partial charge in [-0.15, -0.1) is 0 Å². The third-order valence-electron chi connectivity index (χ3n) is 6.79. The minimum atomic E-state index is -0.607. The first kappa shape index (κ1) is 37.0. The molecule has 248 valence electrons. The van der Waals surface area contributed by atoms with Crippen molar-refractivity contribution in [3.8, 4) is 0 Å². The van der Waals surface area contributed by atoms with Crippen molar-refractivity contribution >= 4 is 35.2 Å². The van der Waals surface area contributed by atoms with Crippen molar-refractivity contribution in [2.75, 3.05) is 57.2 Å². The van der Waals surface area contributed by atoms with E-state index in [-0.39, 0.29) is 51.1 Å². The van der Waals surface area contributed by atoms with Gasteiger partial charge in [0.05, 0.1) is 19.8 Å². The van der Waals surface area contributed by atoms with E-state index in [1.54, 1.807) is 34.6 Å². The number of hydrogen-bond donors (Lipinski definition) is 5. The molecule has 6 N–H and O–H groups in total. The number of carbonyl (C=O) groups is 4. The highest BCUT2D eigenvalue weighted by atomic mass is 16.6. The molecular weight excluding hydrogens is 582 g/mol. The van der Waals surface area contributed by atoms with E-state index in [4.69, 9.17) is 25.2 Å². The van der Waals surface area contributed by atoms with Crippen LogP contribution in [-0.4, -0.2) is 80.0 Å². The first-order valence-corrected chi connectivity index (χ1v) is 15.3. The van der Waals surface area contributed by atoms with E-state index in [2.05, 4.69) is 10.6 Å². The lowest BCUT2D eigenvalue weighted by Gasteiger charge is -2.24. The number of carbonyl (C=O) groups excluding carboxylic acids is 4. The van der Waals surface area contributed by atoms with Gasteiger partial charge >= 0.3 is 6.09 Å². The number of nitrogens with zero attached hydrogens (tertiary/aromatic N) is 1. The van der Waals surface area contributed by atoms with Gasteiger partial charge in [-0.05, 0) is 68.1 Å². The fraction of sp³-hybridized carbons (Fsp3) is 0.500. The predicted molar refractivity (Wildman–Crippen MR) is 170 cm³/mol. The number of ether oxygens (including phenoxy) is 3. The second-order valence-corrected chi connectivity index (χ2v) is 10.4. The summed E-state index contributed by atoms with van der Waals surface area (Å²) in [4.78, 5) is 50.6. The number of nitrogens with one attached hydrogen (secondary N) is 3. The average Bonchev–Trinajstić information content (AvgIpc) is 3.03. The molecule has 4 amide bonds. The Morgan fingerprint density at radius 2 is 1.53 bits per heavy atom. The van der Waals surface area contributed by atoms with Gasteiger partial charge in [0.2, 0.25) is 11.8 Å². The van der Waals surface area contributed by atoms with Gasteiger partial charge in [-0.25, -0.2) is 10.3 Å². The zero-order chi connectivity index (χ0) is 32.9. The molecule has 0 atom stereocenters. The zero-order valence-electron chi connectivity index (χ0n) is 26.3. The van der Waals surface area contributed by atoms with Gasteiger partial charge < -0.3 is 35.5 Å². The van der Waals surface area contributed by atoms with Crippen molar-refractivity contribution < 1.29 is 38.6 Å². The molecule has 0 heterocycles. The average molecular weight is 630 g/mol. The number of anilines is 2. The fourth-order valence-electron chi connectivity index (χ4n) is 4.25. The van der Waals surface area contributed by atoms with Crippen LogP contribution in [0.1, 0.15) is 66.9 Å². The van der Waals surface area contributed by atoms with E-state index >= 15 is 0 Å². The molecule has 2 aromatic carbocycles. The third kappa shape index (κ3) is 15.4. The first-order valence-electron chi connectivity index (χ1n) is 15.3. The quantitative estimate of drug-likeness (QED) is 0.0594. The molecular formula is C32H47N5O8. The van der Waals surface area contributed by atoms with Gasteiger partial charge in [-0.2, -0.15) is 0 Å². The van der Waals surface area contributed by atoms with Gasteiger partial charge in [0, 0.05) is 56.0 Å².